The fraction of sp³-hybridized carbons (Fsp3) is 0. The van der Waals surface area contributed by atoms with Gasteiger partial charge in [-0.2, -0.15) is 5.26 Å². The maximum Gasteiger partial charge on any atom is 0.166 e. The molecule has 3 heteroatoms. The van der Waals surface area contributed by atoms with Gasteiger partial charge in [-0.05, 0) is 34.7 Å². The van der Waals surface area contributed by atoms with Crippen LogP contribution in [-0.4, -0.2) is 9.38 Å². The van der Waals surface area contributed by atoms with Gasteiger partial charge in [0, 0.05) is 5.56 Å². The second-order valence-corrected chi connectivity index (χ2v) is 6.46. The summed E-state index contributed by atoms with van der Waals surface area (Å²) >= 11 is 0. The van der Waals surface area contributed by atoms with Gasteiger partial charge >= 0.3 is 0 Å². The van der Waals surface area contributed by atoms with Gasteiger partial charge in [-0.25, -0.2) is 4.98 Å². The van der Waals surface area contributed by atoms with Crippen molar-refractivity contribution in [3.63, 3.8) is 0 Å². The van der Waals surface area contributed by atoms with Crippen molar-refractivity contribution in [2.75, 3.05) is 0 Å². The zero-order chi connectivity index (χ0) is 18.2. The number of fused-ring (bicyclic) bond motifs is 3. The van der Waals surface area contributed by atoms with Crippen LogP contribution in [0.15, 0.2) is 91.0 Å². The van der Waals surface area contributed by atoms with Crippen LogP contribution in [0.1, 0.15) is 5.69 Å². The van der Waals surface area contributed by atoms with Crippen LogP contribution in [0.3, 0.4) is 0 Å². The molecule has 3 nitrogen and oxygen atoms in total. The lowest BCUT2D eigenvalue weighted by molar-refractivity contribution is 1.21. The molecule has 5 rings (SSSR count). The molecule has 0 N–H and O–H groups in total. The molecular weight excluding hydrogens is 330 g/mol. The average Bonchev–Trinajstić information content (AvgIpc) is 3.14. The van der Waals surface area contributed by atoms with Crippen molar-refractivity contribution >= 4 is 16.4 Å². The summed E-state index contributed by atoms with van der Waals surface area (Å²) in [6.45, 7) is 0. The number of hydrogen-bond acceptors (Lipinski definition) is 2. The van der Waals surface area contributed by atoms with Gasteiger partial charge in [0.25, 0.3) is 0 Å². The van der Waals surface area contributed by atoms with Crippen molar-refractivity contribution in [2.45, 2.75) is 0 Å². The first kappa shape index (κ1) is 15.4. The minimum Gasteiger partial charge on any atom is -0.291 e. The molecule has 2 heterocycles. The fourth-order valence-electron chi connectivity index (χ4n) is 3.56. The van der Waals surface area contributed by atoms with Crippen molar-refractivity contribution in [1.82, 2.24) is 9.38 Å². The zero-order valence-corrected chi connectivity index (χ0v) is 14.5. The van der Waals surface area contributed by atoms with Crippen molar-refractivity contribution < 1.29 is 0 Å². The molecule has 0 radical (unpaired) electrons. The number of rotatable bonds is 2. The van der Waals surface area contributed by atoms with Crippen LogP contribution in [0.4, 0.5) is 0 Å². The highest BCUT2D eigenvalue weighted by atomic mass is 15.0. The SMILES string of the molecule is N#Cc1nc(-c2ccccc2)n2c1ccc1cc(-c3ccccc3)ccc12. The summed E-state index contributed by atoms with van der Waals surface area (Å²) in [5, 5.41) is 10.6. The molecule has 0 bridgehead atoms. The smallest absolute Gasteiger partial charge is 0.166 e. The monoisotopic (exact) mass is 345 g/mol. The molecule has 0 unspecified atom stereocenters. The van der Waals surface area contributed by atoms with Gasteiger partial charge in [-0.1, -0.05) is 72.8 Å². The Morgan fingerprint density at radius 3 is 2.04 bits per heavy atom. The fourth-order valence-corrected chi connectivity index (χ4v) is 3.56. The highest BCUT2D eigenvalue weighted by molar-refractivity contribution is 5.90. The molecule has 3 aromatic carbocycles. The Morgan fingerprint density at radius 1 is 0.667 bits per heavy atom. The second-order valence-electron chi connectivity index (χ2n) is 6.46. The van der Waals surface area contributed by atoms with Crippen molar-refractivity contribution in [3.8, 4) is 28.6 Å². The van der Waals surface area contributed by atoms with Crippen molar-refractivity contribution in [2.24, 2.45) is 0 Å². The average molecular weight is 345 g/mol. The third-order valence-electron chi connectivity index (χ3n) is 4.85. The van der Waals surface area contributed by atoms with Crippen LogP contribution >= 0.6 is 0 Å². The number of aromatic nitrogens is 2. The van der Waals surface area contributed by atoms with Crippen LogP contribution < -0.4 is 0 Å². The van der Waals surface area contributed by atoms with Gasteiger partial charge < -0.3 is 0 Å². The Hall–Kier alpha value is -3.90. The molecule has 126 valence electrons. The molecule has 2 aromatic heterocycles. The minimum atomic E-state index is 0.447. The zero-order valence-electron chi connectivity index (χ0n) is 14.5. The van der Waals surface area contributed by atoms with E-state index < -0.39 is 0 Å². The third-order valence-corrected chi connectivity index (χ3v) is 4.85. The summed E-state index contributed by atoms with van der Waals surface area (Å²) in [6, 6.07) is 33.0. The van der Waals surface area contributed by atoms with Crippen molar-refractivity contribution in [1.29, 1.82) is 5.26 Å². The van der Waals surface area contributed by atoms with E-state index in [1.54, 1.807) is 0 Å². The van der Waals surface area contributed by atoms with Crippen LogP contribution in [-0.2, 0) is 0 Å². The summed E-state index contributed by atoms with van der Waals surface area (Å²) in [5.74, 6) is 0.792. The van der Waals surface area contributed by atoms with E-state index in [1.165, 1.54) is 11.1 Å². The Labute approximate surface area is 156 Å². The number of imidazole rings is 1. The standard InChI is InChI=1S/C24H15N3/c25-16-21-23-14-12-20-15-19(17-7-3-1-4-8-17)11-13-22(20)27(23)24(26-21)18-9-5-2-6-10-18/h1-15H. The molecule has 0 spiro atoms. The lowest BCUT2D eigenvalue weighted by atomic mass is 10.0. The molecule has 0 aliphatic rings. The first-order chi connectivity index (χ1) is 13.3. The molecular formula is C24H15N3. The first-order valence-corrected chi connectivity index (χ1v) is 8.81. The van der Waals surface area contributed by atoms with Gasteiger partial charge in [0.05, 0.1) is 11.0 Å². The van der Waals surface area contributed by atoms with Gasteiger partial charge in [-0.15, -0.1) is 0 Å². The lowest BCUT2D eigenvalue weighted by Crippen LogP contribution is -1.92. The Bertz CT molecular complexity index is 1310. The predicted molar refractivity (Wildman–Crippen MR) is 108 cm³/mol. The number of benzene rings is 3. The molecule has 0 atom stereocenters. The Kier molecular flexibility index (Phi) is 3.48. The Morgan fingerprint density at radius 2 is 1.33 bits per heavy atom. The van der Waals surface area contributed by atoms with E-state index in [2.05, 4.69) is 51.9 Å². The quantitative estimate of drug-likeness (QED) is 0.412. The van der Waals surface area contributed by atoms with Crippen LogP contribution in [0.2, 0.25) is 0 Å². The van der Waals surface area contributed by atoms with E-state index in [4.69, 9.17) is 0 Å². The van der Waals surface area contributed by atoms with Gasteiger partial charge in [0.15, 0.2) is 5.69 Å². The number of nitriles is 1. The highest BCUT2D eigenvalue weighted by Gasteiger charge is 2.15. The topological polar surface area (TPSA) is 41.1 Å². The summed E-state index contributed by atoms with van der Waals surface area (Å²) in [6.07, 6.45) is 0. The molecule has 5 aromatic rings. The van der Waals surface area contributed by atoms with E-state index in [0.29, 0.717) is 5.69 Å². The molecule has 0 amide bonds. The summed E-state index contributed by atoms with van der Waals surface area (Å²) in [5.41, 5.74) is 5.67. The molecule has 0 saturated carbocycles. The largest absolute Gasteiger partial charge is 0.291 e. The first-order valence-electron chi connectivity index (χ1n) is 8.81. The number of hydrogen-bond donors (Lipinski definition) is 0. The molecule has 0 aliphatic heterocycles. The van der Waals surface area contributed by atoms with E-state index in [-0.39, 0.29) is 0 Å². The molecule has 27 heavy (non-hydrogen) atoms. The maximum absolute atomic E-state index is 9.53. The van der Waals surface area contributed by atoms with Gasteiger partial charge in [0.2, 0.25) is 0 Å². The van der Waals surface area contributed by atoms with Crippen LogP contribution in [0.5, 0.6) is 0 Å². The summed E-state index contributed by atoms with van der Waals surface area (Å²) < 4.78 is 2.08. The normalized spacial score (nSPS) is 10.9. The van der Waals surface area contributed by atoms with E-state index >= 15 is 0 Å². The van der Waals surface area contributed by atoms with Crippen molar-refractivity contribution in [3.05, 3.63) is 96.7 Å². The Balaban J connectivity index is 1.82. The number of nitrogens with zero attached hydrogens (tertiary/aromatic N) is 3. The molecule has 0 aliphatic carbocycles. The van der Waals surface area contributed by atoms with E-state index in [0.717, 1.165) is 27.8 Å². The van der Waals surface area contributed by atoms with E-state index in [9.17, 15) is 5.26 Å². The van der Waals surface area contributed by atoms with Gasteiger partial charge in [-0.3, -0.25) is 4.40 Å². The highest BCUT2D eigenvalue weighted by Crippen LogP contribution is 2.30. The minimum absolute atomic E-state index is 0.447. The molecule has 0 saturated heterocycles. The summed E-state index contributed by atoms with van der Waals surface area (Å²) in [4.78, 5) is 4.61. The van der Waals surface area contributed by atoms with Gasteiger partial charge in [0.1, 0.15) is 11.9 Å². The third kappa shape index (κ3) is 2.47. The second kappa shape index (κ2) is 6.12. The predicted octanol–water partition coefficient (Wildman–Crippen LogP) is 5.69. The van der Waals surface area contributed by atoms with E-state index in [1.807, 2.05) is 54.6 Å². The van der Waals surface area contributed by atoms with Crippen LogP contribution in [0.25, 0.3) is 38.9 Å². The lowest BCUT2D eigenvalue weighted by Gasteiger charge is -2.09. The molecule has 0 fully saturated rings. The van der Waals surface area contributed by atoms with Crippen LogP contribution in [0, 0.1) is 11.3 Å². The maximum atomic E-state index is 9.53. The number of pyridine rings is 1. The summed E-state index contributed by atoms with van der Waals surface area (Å²) in [7, 11) is 0.